The van der Waals surface area contributed by atoms with Crippen molar-refractivity contribution in [2.45, 2.75) is 20.3 Å². The lowest BCUT2D eigenvalue weighted by atomic mass is 9.96. The average Bonchev–Trinajstić information content (AvgIpc) is 3.09. The highest BCUT2D eigenvalue weighted by Gasteiger charge is 2.61. The van der Waals surface area contributed by atoms with Crippen LogP contribution in [0, 0.1) is 20.7 Å². The summed E-state index contributed by atoms with van der Waals surface area (Å²) < 4.78 is 14.8. The standard InChI is InChI=1S/C15H16FIN2O/c1-8-10-7-15(10,2)14(20)19(3)13(8)18-12-5-4-9(17)6-11(12)16/h4-6,10,18H,7H2,1-3H3/t10?,15-/m0/s1. The zero-order chi connectivity index (χ0) is 14.7. The Morgan fingerprint density at radius 3 is 2.85 bits per heavy atom. The molecular weight excluding hydrogens is 370 g/mol. The summed E-state index contributed by atoms with van der Waals surface area (Å²) in [5, 5.41) is 3.09. The molecule has 5 heteroatoms. The van der Waals surface area contributed by atoms with Crippen LogP contribution in [0.3, 0.4) is 0 Å². The molecule has 0 bridgehead atoms. The third-order valence-electron chi connectivity index (χ3n) is 4.45. The number of nitrogens with one attached hydrogen (secondary N) is 1. The molecule has 1 saturated carbocycles. The number of halogens is 2. The number of nitrogens with zero attached hydrogens (tertiary/aromatic N) is 1. The fourth-order valence-corrected chi connectivity index (χ4v) is 3.50. The predicted octanol–water partition coefficient (Wildman–Crippen LogP) is 3.57. The van der Waals surface area contributed by atoms with Gasteiger partial charge in [0.1, 0.15) is 11.6 Å². The van der Waals surface area contributed by atoms with Gasteiger partial charge in [0.25, 0.3) is 0 Å². The van der Waals surface area contributed by atoms with Gasteiger partial charge in [-0.1, -0.05) is 6.92 Å². The maximum Gasteiger partial charge on any atom is 0.234 e. The van der Waals surface area contributed by atoms with E-state index < -0.39 is 0 Å². The minimum Gasteiger partial charge on any atom is -0.339 e. The second-order valence-electron chi connectivity index (χ2n) is 5.82. The number of allylic oxidation sites excluding steroid dienone is 1. The number of anilines is 1. The number of carbonyl (C=O) groups excluding carboxylic acids is 1. The Morgan fingerprint density at radius 1 is 1.50 bits per heavy atom. The first kappa shape index (κ1) is 13.9. The van der Waals surface area contributed by atoms with Gasteiger partial charge in [-0.05, 0) is 65.6 Å². The minimum absolute atomic E-state index is 0.113. The van der Waals surface area contributed by atoms with Crippen LogP contribution in [-0.4, -0.2) is 17.9 Å². The highest BCUT2D eigenvalue weighted by Crippen LogP contribution is 2.60. The number of rotatable bonds is 2. The Kier molecular flexibility index (Phi) is 3.08. The van der Waals surface area contributed by atoms with E-state index in [1.165, 1.54) is 6.07 Å². The first-order valence-corrected chi connectivity index (χ1v) is 7.63. The number of amides is 1. The fourth-order valence-electron chi connectivity index (χ4n) is 3.05. The SMILES string of the molecule is CC1=C(Nc2ccc(I)cc2F)N(C)C(=O)[C@@]2(C)CC12. The molecule has 106 valence electrons. The van der Waals surface area contributed by atoms with Crippen LogP contribution >= 0.6 is 22.6 Å². The highest BCUT2D eigenvalue weighted by atomic mass is 127. The molecule has 3 nitrogen and oxygen atoms in total. The van der Waals surface area contributed by atoms with Crippen LogP contribution in [0.4, 0.5) is 10.1 Å². The van der Waals surface area contributed by atoms with Gasteiger partial charge in [0.2, 0.25) is 5.91 Å². The Labute approximate surface area is 131 Å². The van der Waals surface area contributed by atoms with E-state index in [-0.39, 0.29) is 17.1 Å². The van der Waals surface area contributed by atoms with Crippen molar-refractivity contribution in [1.82, 2.24) is 4.90 Å². The van der Waals surface area contributed by atoms with Crippen LogP contribution in [0.15, 0.2) is 29.6 Å². The van der Waals surface area contributed by atoms with Gasteiger partial charge in [-0.25, -0.2) is 4.39 Å². The molecule has 0 aromatic heterocycles. The second-order valence-corrected chi connectivity index (χ2v) is 7.06. The number of hydrogen-bond donors (Lipinski definition) is 1. The molecule has 2 atom stereocenters. The van der Waals surface area contributed by atoms with Gasteiger partial charge in [0.15, 0.2) is 0 Å². The van der Waals surface area contributed by atoms with E-state index >= 15 is 0 Å². The van der Waals surface area contributed by atoms with E-state index in [0.29, 0.717) is 11.6 Å². The molecule has 1 fully saturated rings. The summed E-state index contributed by atoms with van der Waals surface area (Å²) >= 11 is 2.07. The van der Waals surface area contributed by atoms with Crippen molar-refractivity contribution < 1.29 is 9.18 Å². The van der Waals surface area contributed by atoms with Crippen LogP contribution < -0.4 is 5.32 Å². The number of benzene rings is 1. The zero-order valence-corrected chi connectivity index (χ0v) is 13.8. The molecule has 1 aliphatic carbocycles. The van der Waals surface area contributed by atoms with Gasteiger partial charge < -0.3 is 10.2 Å². The van der Waals surface area contributed by atoms with E-state index in [2.05, 4.69) is 27.9 Å². The van der Waals surface area contributed by atoms with Crippen LogP contribution in [0.1, 0.15) is 20.3 Å². The Balaban J connectivity index is 1.96. The highest BCUT2D eigenvalue weighted by molar-refractivity contribution is 14.1. The molecule has 0 radical (unpaired) electrons. The lowest BCUT2D eigenvalue weighted by molar-refractivity contribution is -0.134. The number of hydrogen-bond acceptors (Lipinski definition) is 2. The molecular formula is C15H16FIN2O. The van der Waals surface area contributed by atoms with E-state index in [1.54, 1.807) is 18.0 Å². The quantitative estimate of drug-likeness (QED) is 0.789. The molecule has 1 heterocycles. The first-order chi connectivity index (χ1) is 9.34. The van der Waals surface area contributed by atoms with Crippen molar-refractivity contribution in [3.8, 4) is 0 Å². The molecule has 2 aliphatic rings. The van der Waals surface area contributed by atoms with Crippen LogP contribution in [0.5, 0.6) is 0 Å². The topological polar surface area (TPSA) is 32.3 Å². The Hall–Kier alpha value is -1.11. The lowest BCUT2D eigenvalue weighted by Gasteiger charge is -2.31. The molecule has 1 amide bonds. The third-order valence-corrected chi connectivity index (χ3v) is 5.12. The summed E-state index contributed by atoms with van der Waals surface area (Å²) in [4.78, 5) is 14.0. The van der Waals surface area contributed by atoms with Gasteiger partial charge in [0, 0.05) is 10.6 Å². The number of fused-ring (bicyclic) bond motifs is 1. The summed E-state index contributed by atoms with van der Waals surface area (Å²) in [6.45, 7) is 4.02. The Bertz CT molecular complexity index is 643. The van der Waals surface area contributed by atoms with Gasteiger partial charge in [-0.2, -0.15) is 0 Å². The van der Waals surface area contributed by atoms with E-state index in [9.17, 15) is 9.18 Å². The molecule has 1 N–H and O–H groups in total. The molecule has 3 rings (SSSR count). The van der Waals surface area contributed by atoms with Crippen molar-refractivity contribution in [2.75, 3.05) is 12.4 Å². The smallest absolute Gasteiger partial charge is 0.234 e. The maximum atomic E-state index is 13.9. The molecule has 0 spiro atoms. The normalized spacial score (nSPS) is 28.6. The molecule has 1 aliphatic heterocycles. The molecule has 1 aromatic carbocycles. The molecule has 1 aromatic rings. The van der Waals surface area contributed by atoms with Gasteiger partial charge in [-0.15, -0.1) is 0 Å². The third kappa shape index (κ3) is 1.94. The van der Waals surface area contributed by atoms with Crippen molar-refractivity contribution in [1.29, 1.82) is 0 Å². The summed E-state index contributed by atoms with van der Waals surface area (Å²) in [7, 11) is 1.75. The van der Waals surface area contributed by atoms with Crippen LogP contribution in [-0.2, 0) is 4.79 Å². The van der Waals surface area contributed by atoms with E-state index in [0.717, 1.165) is 21.4 Å². The van der Waals surface area contributed by atoms with Crippen molar-refractivity contribution in [3.05, 3.63) is 39.0 Å². The summed E-state index contributed by atoms with van der Waals surface area (Å²) in [6, 6.07) is 5.02. The molecule has 1 unspecified atom stereocenters. The second kappa shape index (κ2) is 4.44. The summed E-state index contributed by atoms with van der Waals surface area (Å²) in [5.41, 5.74) is 1.30. The lowest BCUT2D eigenvalue weighted by Crippen LogP contribution is -2.40. The van der Waals surface area contributed by atoms with Gasteiger partial charge >= 0.3 is 0 Å². The average molecular weight is 386 g/mol. The minimum atomic E-state index is -0.304. The predicted molar refractivity (Wildman–Crippen MR) is 84.4 cm³/mol. The van der Waals surface area contributed by atoms with Gasteiger partial charge in [0.05, 0.1) is 11.1 Å². The largest absolute Gasteiger partial charge is 0.339 e. The molecule has 20 heavy (non-hydrogen) atoms. The maximum absolute atomic E-state index is 13.9. The van der Waals surface area contributed by atoms with E-state index in [4.69, 9.17) is 0 Å². The zero-order valence-electron chi connectivity index (χ0n) is 11.6. The Morgan fingerprint density at radius 2 is 2.20 bits per heavy atom. The van der Waals surface area contributed by atoms with Crippen LogP contribution in [0.25, 0.3) is 0 Å². The van der Waals surface area contributed by atoms with Crippen LogP contribution in [0.2, 0.25) is 0 Å². The fraction of sp³-hybridized carbons (Fsp3) is 0.400. The first-order valence-electron chi connectivity index (χ1n) is 6.55. The summed E-state index contributed by atoms with van der Waals surface area (Å²) in [6.07, 6.45) is 0.891. The van der Waals surface area contributed by atoms with E-state index in [1.807, 2.05) is 19.9 Å². The summed E-state index contributed by atoms with van der Waals surface area (Å²) in [5.74, 6) is 0.819. The monoisotopic (exact) mass is 386 g/mol. The molecule has 0 saturated heterocycles. The van der Waals surface area contributed by atoms with Crippen molar-refractivity contribution in [2.24, 2.45) is 11.3 Å². The van der Waals surface area contributed by atoms with Crippen molar-refractivity contribution >= 4 is 34.2 Å². The number of carbonyl (C=O) groups is 1. The van der Waals surface area contributed by atoms with Gasteiger partial charge in [-0.3, -0.25) is 4.79 Å². The van der Waals surface area contributed by atoms with Crippen molar-refractivity contribution in [3.63, 3.8) is 0 Å².